The normalized spacial score (nSPS) is 12.4. The van der Waals surface area contributed by atoms with E-state index in [4.69, 9.17) is 0 Å². The molecule has 1 atom stereocenters. The van der Waals surface area contributed by atoms with Gasteiger partial charge in [0.25, 0.3) is 0 Å². The van der Waals surface area contributed by atoms with Crippen LogP contribution >= 0.6 is 15.9 Å². The molecule has 0 saturated carbocycles. The lowest BCUT2D eigenvalue weighted by molar-refractivity contribution is 0.539. The third kappa shape index (κ3) is 4.73. The highest BCUT2D eigenvalue weighted by molar-refractivity contribution is 9.10. The van der Waals surface area contributed by atoms with Crippen molar-refractivity contribution in [2.24, 2.45) is 0 Å². The van der Waals surface area contributed by atoms with Crippen LogP contribution in [-0.4, -0.2) is 11.0 Å². The van der Waals surface area contributed by atoms with Gasteiger partial charge in [-0.2, -0.15) is 0 Å². The Morgan fingerprint density at radius 2 is 1.95 bits per heavy atom. The minimum atomic E-state index is -0.191. The lowest BCUT2D eigenvalue weighted by atomic mass is 10.1. The van der Waals surface area contributed by atoms with E-state index < -0.39 is 0 Å². The summed E-state index contributed by atoms with van der Waals surface area (Å²) in [4.78, 5) is 4.31. The minimum Gasteiger partial charge on any atom is -0.308 e. The van der Waals surface area contributed by atoms with Crippen molar-refractivity contribution in [3.05, 3.63) is 64.1 Å². The summed E-state index contributed by atoms with van der Waals surface area (Å²) in [5.41, 5.74) is 2.14. The van der Waals surface area contributed by atoms with Gasteiger partial charge in [-0.15, -0.1) is 0 Å². The Balaban J connectivity index is 1.82. The molecule has 1 N–H and O–H groups in total. The van der Waals surface area contributed by atoms with E-state index in [2.05, 4.69) is 33.2 Å². The highest BCUT2D eigenvalue weighted by Gasteiger charge is 2.04. The largest absolute Gasteiger partial charge is 0.308 e. The molecule has 0 aliphatic rings. The fraction of sp³-hybridized carbons (Fsp3) is 0.267. The van der Waals surface area contributed by atoms with Crippen molar-refractivity contribution in [3.8, 4) is 0 Å². The molecular weight excluding hydrogens is 307 g/mol. The monoisotopic (exact) mass is 322 g/mol. The number of halogens is 2. The number of hydrogen-bond donors (Lipinski definition) is 1. The molecule has 0 aliphatic heterocycles. The van der Waals surface area contributed by atoms with E-state index in [0.29, 0.717) is 6.04 Å². The van der Waals surface area contributed by atoms with Crippen molar-refractivity contribution in [1.82, 2.24) is 10.3 Å². The molecule has 1 unspecified atom stereocenters. The van der Waals surface area contributed by atoms with Crippen LogP contribution in [0.3, 0.4) is 0 Å². The lowest BCUT2D eigenvalue weighted by Crippen LogP contribution is -2.27. The van der Waals surface area contributed by atoms with Gasteiger partial charge in [0.1, 0.15) is 5.82 Å². The van der Waals surface area contributed by atoms with Crippen LogP contribution in [0.5, 0.6) is 0 Å². The summed E-state index contributed by atoms with van der Waals surface area (Å²) >= 11 is 3.36. The van der Waals surface area contributed by atoms with E-state index in [-0.39, 0.29) is 5.82 Å². The zero-order chi connectivity index (χ0) is 13.7. The Hall–Kier alpha value is -1.26. The summed E-state index contributed by atoms with van der Waals surface area (Å²) in [6.45, 7) is 2.85. The summed E-state index contributed by atoms with van der Waals surface area (Å²) < 4.78 is 13.8. The van der Waals surface area contributed by atoms with Crippen LogP contribution in [0.4, 0.5) is 4.39 Å². The first-order valence-corrected chi connectivity index (χ1v) is 7.01. The second kappa shape index (κ2) is 6.78. The van der Waals surface area contributed by atoms with Crippen LogP contribution in [-0.2, 0) is 13.0 Å². The first-order chi connectivity index (χ1) is 9.13. The topological polar surface area (TPSA) is 24.9 Å². The van der Waals surface area contributed by atoms with Crippen molar-refractivity contribution >= 4 is 15.9 Å². The van der Waals surface area contributed by atoms with E-state index in [9.17, 15) is 4.39 Å². The maximum Gasteiger partial charge on any atom is 0.123 e. The molecule has 4 heteroatoms. The molecule has 2 nitrogen and oxygen atoms in total. The van der Waals surface area contributed by atoms with Crippen molar-refractivity contribution < 1.29 is 4.39 Å². The number of nitrogens with one attached hydrogen (secondary N) is 1. The van der Waals surface area contributed by atoms with Gasteiger partial charge in [-0.3, -0.25) is 4.98 Å². The average Bonchev–Trinajstić information content (AvgIpc) is 2.41. The highest BCUT2D eigenvalue weighted by atomic mass is 79.9. The Kier molecular flexibility index (Phi) is 5.05. The predicted molar refractivity (Wildman–Crippen MR) is 78.3 cm³/mol. The maximum atomic E-state index is 12.8. The van der Waals surface area contributed by atoms with E-state index in [0.717, 1.165) is 28.7 Å². The van der Waals surface area contributed by atoms with Gasteiger partial charge in [-0.05, 0) is 59.1 Å². The van der Waals surface area contributed by atoms with E-state index in [1.165, 1.54) is 12.1 Å². The Labute approximate surface area is 121 Å². The summed E-state index contributed by atoms with van der Waals surface area (Å²) in [6, 6.07) is 10.9. The van der Waals surface area contributed by atoms with Gasteiger partial charge in [-0.1, -0.05) is 12.1 Å². The van der Waals surface area contributed by atoms with Gasteiger partial charge in [0, 0.05) is 23.3 Å². The molecule has 0 amide bonds. The van der Waals surface area contributed by atoms with E-state index in [1.54, 1.807) is 6.20 Å². The van der Waals surface area contributed by atoms with Crippen LogP contribution in [0.15, 0.2) is 47.1 Å². The molecule has 0 saturated heterocycles. The molecule has 1 aromatic heterocycles. The summed E-state index contributed by atoms with van der Waals surface area (Å²) in [7, 11) is 0. The van der Waals surface area contributed by atoms with Crippen LogP contribution in [0, 0.1) is 5.82 Å². The number of nitrogens with zero attached hydrogens (tertiary/aromatic N) is 1. The van der Waals surface area contributed by atoms with Crippen molar-refractivity contribution in [2.75, 3.05) is 0 Å². The SMILES string of the molecule is CC(Cc1ccc(F)cc1)NCc1ccc(Br)cn1. The number of rotatable bonds is 5. The number of pyridine rings is 1. The number of aromatic nitrogens is 1. The third-order valence-corrected chi connectivity index (χ3v) is 3.34. The Morgan fingerprint density at radius 1 is 1.21 bits per heavy atom. The van der Waals surface area contributed by atoms with Crippen molar-refractivity contribution in [3.63, 3.8) is 0 Å². The Morgan fingerprint density at radius 3 is 2.58 bits per heavy atom. The van der Waals surface area contributed by atoms with Gasteiger partial charge in [0.15, 0.2) is 0 Å². The smallest absolute Gasteiger partial charge is 0.123 e. The van der Waals surface area contributed by atoms with Gasteiger partial charge >= 0.3 is 0 Å². The highest BCUT2D eigenvalue weighted by Crippen LogP contribution is 2.08. The lowest BCUT2D eigenvalue weighted by Gasteiger charge is -2.13. The second-order valence-corrected chi connectivity index (χ2v) is 5.50. The van der Waals surface area contributed by atoms with Crippen LogP contribution in [0.25, 0.3) is 0 Å². The zero-order valence-corrected chi connectivity index (χ0v) is 12.3. The minimum absolute atomic E-state index is 0.191. The molecule has 1 heterocycles. The van der Waals surface area contributed by atoms with Crippen molar-refractivity contribution in [2.45, 2.75) is 25.9 Å². The zero-order valence-electron chi connectivity index (χ0n) is 10.7. The standard InChI is InChI=1S/C15H16BrFN2/c1-11(8-12-2-5-14(17)6-3-12)18-10-15-7-4-13(16)9-19-15/h2-7,9,11,18H,8,10H2,1H3. The Bertz CT molecular complexity index is 511. The third-order valence-electron chi connectivity index (χ3n) is 2.88. The molecular formula is C15H16BrFN2. The molecule has 0 aliphatic carbocycles. The molecule has 1 aromatic carbocycles. The maximum absolute atomic E-state index is 12.8. The van der Waals surface area contributed by atoms with Crippen LogP contribution in [0.1, 0.15) is 18.2 Å². The fourth-order valence-corrected chi connectivity index (χ4v) is 2.07. The van der Waals surface area contributed by atoms with Crippen LogP contribution < -0.4 is 5.32 Å². The quantitative estimate of drug-likeness (QED) is 0.907. The van der Waals surface area contributed by atoms with Crippen molar-refractivity contribution in [1.29, 1.82) is 0 Å². The average molecular weight is 323 g/mol. The molecule has 2 aromatic rings. The van der Waals surface area contributed by atoms with Gasteiger partial charge in [0.2, 0.25) is 0 Å². The molecule has 0 radical (unpaired) electrons. The summed E-state index contributed by atoms with van der Waals surface area (Å²) in [5.74, 6) is -0.191. The second-order valence-electron chi connectivity index (χ2n) is 4.58. The first-order valence-electron chi connectivity index (χ1n) is 6.22. The predicted octanol–water partition coefficient (Wildman–Crippen LogP) is 3.70. The fourth-order valence-electron chi connectivity index (χ4n) is 1.84. The number of benzene rings is 1. The van der Waals surface area contributed by atoms with Gasteiger partial charge < -0.3 is 5.32 Å². The molecule has 2 rings (SSSR count). The van der Waals surface area contributed by atoms with E-state index in [1.807, 2.05) is 24.3 Å². The van der Waals surface area contributed by atoms with Crippen LogP contribution in [0.2, 0.25) is 0 Å². The molecule has 19 heavy (non-hydrogen) atoms. The number of hydrogen-bond acceptors (Lipinski definition) is 2. The molecule has 0 spiro atoms. The molecule has 100 valence electrons. The summed E-state index contributed by atoms with van der Waals surface area (Å²) in [6.07, 6.45) is 2.67. The molecule has 0 fully saturated rings. The van der Waals surface area contributed by atoms with E-state index >= 15 is 0 Å². The molecule has 0 bridgehead atoms. The van der Waals surface area contributed by atoms with Gasteiger partial charge in [-0.25, -0.2) is 4.39 Å². The summed E-state index contributed by atoms with van der Waals surface area (Å²) in [5, 5.41) is 3.41. The first kappa shape index (κ1) is 14.2. The van der Waals surface area contributed by atoms with Gasteiger partial charge in [0.05, 0.1) is 5.69 Å².